The Morgan fingerprint density at radius 1 is 1.04 bits per heavy atom. The number of nitrogens with one attached hydrogen (secondary N) is 2. The molecule has 2 N–H and O–H groups in total. The van der Waals surface area contributed by atoms with E-state index in [9.17, 15) is 13.2 Å². The molecule has 140 valence electrons. The standard InChI is InChI=1S/C16H12Cl2N4O3S2/c1-9-2-4-10(5-3-9)14(23)19-15-20-21-16(26-15)27(24,25)22-13-7-11(17)6-12(18)8-13/h2-8,22H,1H3,(H,19,20,23). The molecular weight excluding hydrogens is 431 g/mol. The van der Waals surface area contributed by atoms with Crippen LogP contribution in [-0.2, 0) is 10.0 Å². The number of hydrogen-bond acceptors (Lipinski definition) is 6. The Balaban J connectivity index is 1.75. The van der Waals surface area contributed by atoms with Crippen molar-refractivity contribution in [2.75, 3.05) is 10.0 Å². The minimum atomic E-state index is -4.01. The number of halogens is 2. The first kappa shape index (κ1) is 19.6. The fraction of sp³-hybridized carbons (Fsp3) is 0.0625. The van der Waals surface area contributed by atoms with Crippen molar-refractivity contribution in [3.8, 4) is 0 Å². The summed E-state index contributed by atoms with van der Waals surface area (Å²) < 4.78 is 26.9. The summed E-state index contributed by atoms with van der Waals surface area (Å²) >= 11 is 12.4. The third-order valence-electron chi connectivity index (χ3n) is 3.29. The molecule has 2 aromatic carbocycles. The van der Waals surface area contributed by atoms with Crippen LogP contribution >= 0.6 is 34.5 Å². The van der Waals surface area contributed by atoms with Gasteiger partial charge >= 0.3 is 0 Å². The average molecular weight is 443 g/mol. The van der Waals surface area contributed by atoms with Gasteiger partial charge in [-0.1, -0.05) is 52.2 Å². The first-order chi connectivity index (χ1) is 12.7. The van der Waals surface area contributed by atoms with Gasteiger partial charge in [0.05, 0.1) is 5.69 Å². The summed E-state index contributed by atoms with van der Waals surface area (Å²) in [4.78, 5) is 12.2. The number of rotatable bonds is 5. The maximum Gasteiger partial charge on any atom is 0.291 e. The lowest BCUT2D eigenvalue weighted by Gasteiger charge is -2.06. The van der Waals surface area contributed by atoms with Crippen molar-refractivity contribution in [1.82, 2.24) is 10.2 Å². The summed E-state index contributed by atoms with van der Waals surface area (Å²) in [6.07, 6.45) is 0. The van der Waals surface area contributed by atoms with Crippen LogP contribution in [0.1, 0.15) is 15.9 Å². The lowest BCUT2D eigenvalue weighted by atomic mass is 10.1. The predicted octanol–water partition coefficient (Wildman–Crippen LogP) is 4.21. The van der Waals surface area contributed by atoms with E-state index >= 15 is 0 Å². The molecule has 0 aliphatic heterocycles. The molecule has 0 saturated carbocycles. The average Bonchev–Trinajstić information content (AvgIpc) is 3.03. The highest BCUT2D eigenvalue weighted by molar-refractivity contribution is 7.94. The van der Waals surface area contributed by atoms with Crippen LogP contribution < -0.4 is 10.0 Å². The number of amides is 1. The molecule has 1 amide bonds. The van der Waals surface area contributed by atoms with E-state index in [2.05, 4.69) is 20.2 Å². The predicted molar refractivity (Wildman–Crippen MR) is 106 cm³/mol. The number of carbonyl (C=O) groups excluding carboxylic acids is 1. The summed E-state index contributed by atoms with van der Waals surface area (Å²) in [5.41, 5.74) is 1.63. The van der Waals surface area contributed by atoms with Gasteiger partial charge in [0.15, 0.2) is 0 Å². The van der Waals surface area contributed by atoms with Crippen molar-refractivity contribution in [3.63, 3.8) is 0 Å². The highest BCUT2D eigenvalue weighted by atomic mass is 35.5. The van der Waals surface area contributed by atoms with E-state index in [4.69, 9.17) is 23.2 Å². The maximum absolute atomic E-state index is 12.4. The summed E-state index contributed by atoms with van der Waals surface area (Å²) in [7, 11) is -4.01. The second-order valence-corrected chi connectivity index (χ2v) is 9.16. The zero-order valence-corrected chi connectivity index (χ0v) is 16.9. The van der Waals surface area contributed by atoms with Gasteiger partial charge in [-0.2, -0.15) is 8.42 Å². The number of aryl methyl sites for hydroxylation is 1. The first-order valence-corrected chi connectivity index (χ1v) is 10.5. The molecule has 0 fully saturated rings. The van der Waals surface area contributed by atoms with Crippen LogP contribution in [0.15, 0.2) is 46.8 Å². The number of sulfonamides is 1. The summed E-state index contributed by atoms with van der Waals surface area (Å²) in [6, 6.07) is 11.2. The monoisotopic (exact) mass is 442 g/mol. The molecule has 0 saturated heterocycles. The molecule has 7 nitrogen and oxygen atoms in total. The van der Waals surface area contributed by atoms with Crippen molar-refractivity contribution in [2.24, 2.45) is 0 Å². The van der Waals surface area contributed by atoms with Crippen molar-refractivity contribution in [3.05, 3.63) is 63.6 Å². The smallest absolute Gasteiger partial charge is 0.291 e. The zero-order valence-electron chi connectivity index (χ0n) is 13.7. The van der Waals surface area contributed by atoms with Gasteiger partial charge in [0.25, 0.3) is 20.3 Å². The Bertz CT molecular complexity index is 1080. The number of carbonyl (C=O) groups is 1. The van der Waals surface area contributed by atoms with Crippen LogP contribution in [0.3, 0.4) is 0 Å². The van der Waals surface area contributed by atoms with Crippen LogP contribution in [-0.4, -0.2) is 24.5 Å². The minimum absolute atomic E-state index is 0.0603. The summed E-state index contributed by atoms with van der Waals surface area (Å²) in [5.74, 6) is -0.412. The Morgan fingerprint density at radius 2 is 1.67 bits per heavy atom. The zero-order chi connectivity index (χ0) is 19.6. The highest BCUT2D eigenvalue weighted by Crippen LogP contribution is 2.26. The van der Waals surface area contributed by atoms with Gasteiger partial charge in [-0.25, -0.2) is 0 Å². The minimum Gasteiger partial charge on any atom is -0.296 e. The molecular formula is C16H12Cl2N4O3S2. The van der Waals surface area contributed by atoms with E-state index in [-0.39, 0.29) is 25.2 Å². The molecule has 11 heteroatoms. The number of nitrogens with zero attached hydrogens (tertiary/aromatic N) is 2. The van der Waals surface area contributed by atoms with Gasteiger partial charge < -0.3 is 0 Å². The Hall–Kier alpha value is -2.20. The van der Waals surface area contributed by atoms with Crippen molar-refractivity contribution in [2.45, 2.75) is 11.3 Å². The molecule has 0 aliphatic carbocycles. The van der Waals surface area contributed by atoms with E-state index in [1.165, 1.54) is 18.2 Å². The lowest BCUT2D eigenvalue weighted by molar-refractivity contribution is 0.102. The second-order valence-electron chi connectivity index (χ2n) is 5.46. The molecule has 0 atom stereocenters. The number of hydrogen-bond donors (Lipinski definition) is 2. The number of benzene rings is 2. The molecule has 1 heterocycles. The molecule has 27 heavy (non-hydrogen) atoms. The quantitative estimate of drug-likeness (QED) is 0.576. The van der Waals surface area contributed by atoms with Crippen LogP contribution in [0.5, 0.6) is 0 Å². The van der Waals surface area contributed by atoms with Crippen LogP contribution in [0.2, 0.25) is 10.0 Å². The highest BCUT2D eigenvalue weighted by Gasteiger charge is 2.21. The Labute approximate surface area is 169 Å². The van der Waals surface area contributed by atoms with Gasteiger partial charge in [0.1, 0.15) is 0 Å². The molecule has 0 spiro atoms. The van der Waals surface area contributed by atoms with E-state index in [1.54, 1.807) is 24.3 Å². The lowest BCUT2D eigenvalue weighted by Crippen LogP contribution is -2.12. The molecule has 0 unspecified atom stereocenters. The van der Waals surface area contributed by atoms with E-state index in [1.807, 2.05) is 6.92 Å². The van der Waals surface area contributed by atoms with Gasteiger partial charge in [0.2, 0.25) is 5.13 Å². The molecule has 0 radical (unpaired) electrons. The van der Waals surface area contributed by atoms with E-state index in [0.29, 0.717) is 5.56 Å². The van der Waals surface area contributed by atoms with Crippen molar-refractivity contribution in [1.29, 1.82) is 0 Å². The van der Waals surface area contributed by atoms with Crippen molar-refractivity contribution >= 4 is 61.3 Å². The Morgan fingerprint density at radius 3 is 2.30 bits per heavy atom. The van der Waals surface area contributed by atoms with E-state index < -0.39 is 15.9 Å². The van der Waals surface area contributed by atoms with Crippen LogP contribution in [0, 0.1) is 6.92 Å². The van der Waals surface area contributed by atoms with E-state index in [0.717, 1.165) is 16.9 Å². The normalized spacial score (nSPS) is 11.2. The summed E-state index contributed by atoms with van der Waals surface area (Å²) in [6.45, 7) is 1.91. The fourth-order valence-corrected chi connectivity index (χ4v) is 4.52. The second kappa shape index (κ2) is 7.81. The first-order valence-electron chi connectivity index (χ1n) is 7.43. The number of aromatic nitrogens is 2. The molecule has 0 aliphatic rings. The summed E-state index contributed by atoms with van der Waals surface area (Å²) in [5, 5.41) is 10.5. The van der Waals surface area contributed by atoms with Gasteiger partial charge in [-0.05, 0) is 37.3 Å². The van der Waals surface area contributed by atoms with Gasteiger partial charge in [-0.15, -0.1) is 10.2 Å². The number of anilines is 2. The van der Waals surface area contributed by atoms with Crippen molar-refractivity contribution < 1.29 is 13.2 Å². The third kappa shape index (κ3) is 4.95. The fourth-order valence-electron chi connectivity index (χ4n) is 2.05. The molecule has 3 rings (SSSR count). The molecule has 1 aromatic heterocycles. The third-order valence-corrected chi connectivity index (χ3v) is 6.31. The largest absolute Gasteiger partial charge is 0.296 e. The Kier molecular flexibility index (Phi) is 5.66. The van der Waals surface area contributed by atoms with Crippen LogP contribution in [0.25, 0.3) is 0 Å². The maximum atomic E-state index is 12.4. The molecule has 0 bridgehead atoms. The van der Waals surface area contributed by atoms with Gasteiger partial charge in [0, 0.05) is 15.6 Å². The van der Waals surface area contributed by atoms with Gasteiger partial charge in [-0.3, -0.25) is 14.8 Å². The molecule has 3 aromatic rings. The SMILES string of the molecule is Cc1ccc(C(=O)Nc2nnc(S(=O)(=O)Nc3cc(Cl)cc(Cl)c3)s2)cc1. The topological polar surface area (TPSA) is 101 Å². The van der Waals surface area contributed by atoms with Crippen LogP contribution in [0.4, 0.5) is 10.8 Å².